The zero-order valence-corrected chi connectivity index (χ0v) is 7.54. The van der Waals surface area contributed by atoms with Gasteiger partial charge in [0.25, 0.3) is 0 Å². The maximum Gasteiger partial charge on any atom is 0.208 e. The van der Waals surface area contributed by atoms with E-state index >= 15 is 0 Å². The van der Waals surface area contributed by atoms with E-state index < -0.39 is 0 Å². The van der Waals surface area contributed by atoms with Gasteiger partial charge in [-0.3, -0.25) is 0 Å². The van der Waals surface area contributed by atoms with Crippen molar-refractivity contribution in [2.75, 3.05) is 13.7 Å². The van der Waals surface area contributed by atoms with Crippen molar-refractivity contribution in [1.82, 2.24) is 14.8 Å². The molecule has 66 valence electrons. The SMILES string of the molecule is COCCn1cnc(C(N)=S)n1. The third kappa shape index (κ3) is 2.24. The molecule has 0 aromatic carbocycles. The summed E-state index contributed by atoms with van der Waals surface area (Å²) in [6.45, 7) is 1.26. The minimum absolute atomic E-state index is 0.214. The van der Waals surface area contributed by atoms with Gasteiger partial charge in [-0.2, -0.15) is 0 Å². The summed E-state index contributed by atoms with van der Waals surface area (Å²) in [5.74, 6) is 0.404. The van der Waals surface area contributed by atoms with Gasteiger partial charge >= 0.3 is 0 Å². The van der Waals surface area contributed by atoms with E-state index in [1.807, 2.05) is 0 Å². The highest BCUT2D eigenvalue weighted by atomic mass is 32.1. The van der Waals surface area contributed by atoms with E-state index in [1.54, 1.807) is 18.1 Å². The number of thiocarbonyl (C=S) groups is 1. The highest BCUT2D eigenvalue weighted by molar-refractivity contribution is 7.80. The third-order valence-electron chi connectivity index (χ3n) is 1.28. The molecule has 0 saturated heterocycles. The summed E-state index contributed by atoms with van der Waals surface area (Å²) < 4.78 is 6.50. The number of nitrogens with two attached hydrogens (primary N) is 1. The molecular weight excluding hydrogens is 176 g/mol. The van der Waals surface area contributed by atoms with Gasteiger partial charge in [-0.1, -0.05) is 12.2 Å². The number of hydrogen-bond acceptors (Lipinski definition) is 4. The van der Waals surface area contributed by atoms with Crippen LogP contribution in [0.15, 0.2) is 6.33 Å². The van der Waals surface area contributed by atoms with E-state index in [9.17, 15) is 0 Å². The molecule has 2 N–H and O–H groups in total. The average Bonchev–Trinajstić information content (AvgIpc) is 2.48. The van der Waals surface area contributed by atoms with Gasteiger partial charge in [0.15, 0.2) is 0 Å². The number of methoxy groups -OCH3 is 1. The summed E-state index contributed by atoms with van der Waals surface area (Å²) in [5.41, 5.74) is 5.32. The molecule has 1 heterocycles. The molecule has 0 radical (unpaired) electrons. The van der Waals surface area contributed by atoms with E-state index in [2.05, 4.69) is 10.1 Å². The first-order valence-electron chi connectivity index (χ1n) is 3.42. The molecule has 0 aliphatic rings. The second-order valence-corrected chi connectivity index (χ2v) is 2.63. The lowest BCUT2D eigenvalue weighted by atomic mass is 10.6. The Balaban J connectivity index is 2.58. The molecule has 0 fully saturated rings. The van der Waals surface area contributed by atoms with E-state index in [1.165, 1.54) is 0 Å². The molecule has 1 aromatic rings. The van der Waals surface area contributed by atoms with Crippen molar-refractivity contribution >= 4 is 17.2 Å². The van der Waals surface area contributed by atoms with Crippen LogP contribution in [0.4, 0.5) is 0 Å². The number of hydrogen-bond donors (Lipinski definition) is 1. The Bertz CT molecular complexity index is 272. The van der Waals surface area contributed by atoms with Crippen molar-refractivity contribution in [3.8, 4) is 0 Å². The van der Waals surface area contributed by atoms with E-state index in [0.717, 1.165) is 0 Å². The van der Waals surface area contributed by atoms with Crippen LogP contribution in [0.2, 0.25) is 0 Å². The topological polar surface area (TPSA) is 66.0 Å². The summed E-state index contributed by atoms with van der Waals surface area (Å²) in [5, 5.41) is 4.01. The van der Waals surface area contributed by atoms with Crippen LogP contribution in [-0.2, 0) is 11.3 Å². The fraction of sp³-hybridized carbons (Fsp3) is 0.500. The lowest BCUT2D eigenvalue weighted by Gasteiger charge is -1.96. The summed E-state index contributed by atoms with van der Waals surface area (Å²) in [6.07, 6.45) is 1.58. The fourth-order valence-electron chi connectivity index (χ4n) is 0.700. The first-order chi connectivity index (χ1) is 5.74. The van der Waals surface area contributed by atoms with Gasteiger partial charge in [0.05, 0.1) is 13.2 Å². The Morgan fingerprint density at radius 2 is 2.58 bits per heavy atom. The quantitative estimate of drug-likeness (QED) is 0.646. The standard InChI is InChI=1S/C6H10N4OS/c1-11-3-2-10-4-8-6(9-10)5(7)12/h4H,2-3H2,1H3,(H2,7,12). The predicted octanol–water partition coefficient (Wildman–Crippen LogP) is -0.441. The molecule has 0 amide bonds. The Hall–Kier alpha value is -1.01. The fourth-order valence-corrected chi connectivity index (χ4v) is 0.794. The lowest BCUT2D eigenvalue weighted by Crippen LogP contribution is -2.13. The molecule has 1 aromatic heterocycles. The van der Waals surface area contributed by atoms with Crippen molar-refractivity contribution in [2.45, 2.75) is 6.54 Å². The molecule has 0 spiro atoms. The second-order valence-electron chi connectivity index (χ2n) is 2.19. The average molecular weight is 186 g/mol. The molecule has 0 bridgehead atoms. The first-order valence-corrected chi connectivity index (χ1v) is 3.83. The number of nitrogens with zero attached hydrogens (tertiary/aromatic N) is 3. The van der Waals surface area contributed by atoms with Crippen molar-refractivity contribution in [3.63, 3.8) is 0 Å². The zero-order chi connectivity index (χ0) is 8.97. The van der Waals surface area contributed by atoms with Crippen molar-refractivity contribution in [1.29, 1.82) is 0 Å². The maximum atomic E-state index is 5.32. The van der Waals surface area contributed by atoms with Crippen LogP contribution < -0.4 is 5.73 Å². The molecule has 0 aliphatic carbocycles. The van der Waals surface area contributed by atoms with Gasteiger partial charge in [-0.05, 0) is 0 Å². The van der Waals surface area contributed by atoms with Gasteiger partial charge in [-0.25, -0.2) is 9.67 Å². The minimum Gasteiger partial charge on any atom is -0.387 e. The van der Waals surface area contributed by atoms with Gasteiger partial charge in [0.1, 0.15) is 11.3 Å². The lowest BCUT2D eigenvalue weighted by molar-refractivity contribution is 0.183. The van der Waals surface area contributed by atoms with Crippen LogP contribution in [0.25, 0.3) is 0 Å². The van der Waals surface area contributed by atoms with Crippen LogP contribution in [0, 0.1) is 0 Å². The number of ether oxygens (including phenoxy) is 1. The zero-order valence-electron chi connectivity index (χ0n) is 6.73. The van der Waals surface area contributed by atoms with Crippen molar-refractivity contribution in [2.24, 2.45) is 5.73 Å². The van der Waals surface area contributed by atoms with Crippen LogP contribution in [-0.4, -0.2) is 33.5 Å². The van der Waals surface area contributed by atoms with Gasteiger partial charge < -0.3 is 10.5 Å². The van der Waals surface area contributed by atoms with Crippen molar-refractivity contribution in [3.05, 3.63) is 12.2 Å². The summed E-state index contributed by atoms with van der Waals surface area (Å²) in [4.78, 5) is 4.11. The Morgan fingerprint density at radius 3 is 3.08 bits per heavy atom. The maximum absolute atomic E-state index is 5.32. The molecule has 6 heteroatoms. The third-order valence-corrected chi connectivity index (χ3v) is 1.46. The molecule has 5 nitrogen and oxygen atoms in total. The first kappa shape index (κ1) is 9.08. The molecule has 0 atom stereocenters. The van der Waals surface area contributed by atoms with Crippen LogP contribution in [0.1, 0.15) is 5.82 Å². The molecule has 0 aliphatic heterocycles. The Kier molecular flexibility index (Phi) is 3.12. The molecule has 0 saturated carbocycles. The predicted molar refractivity (Wildman–Crippen MR) is 47.8 cm³/mol. The summed E-state index contributed by atoms with van der Waals surface area (Å²) in [7, 11) is 1.63. The summed E-state index contributed by atoms with van der Waals surface area (Å²) in [6, 6.07) is 0. The smallest absolute Gasteiger partial charge is 0.208 e. The Labute approximate surface area is 75.5 Å². The second kappa shape index (κ2) is 4.13. The molecule has 12 heavy (non-hydrogen) atoms. The van der Waals surface area contributed by atoms with E-state index in [-0.39, 0.29) is 4.99 Å². The van der Waals surface area contributed by atoms with Gasteiger partial charge in [-0.15, -0.1) is 5.10 Å². The number of rotatable bonds is 4. The Morgan fingerprint density at radius 1 is 1.83 bits per heavy atom. The number of aromatic nitrogens is 3. The molecule has 1 rings (SSSR count). The normalized spacial score (nSPS) is 10.1. The van der Waals surface area contributed by atoms with Crippen LogP contribution in [0.5, 0.6) is 0 Å². The largest absolute Gasteiger partial charge is 0.387 e. The van der Waals surface area contributed by atoms with E-state index in [4.69, 9.17) is 22.7 Å². The van der Waals surface area contributed by atoms with E-state index in [0.29, 0.717) is 19.0 Å². The molecule has 0 unspecified atom stereocenters. The minimum atomic E-state index is 0.214. The summed E-state index contributed by atoms with van der Waals surface area (Å²) >= 11 is 4.70. The highest BCUT2D eigenvalue weighted by Gasteiger charge is 2.01. The molecular formula is C6H10N4OS. The van der Waals surface area contributed by atoms with Crippen LogP contribution in [0.3, 0.4) is 0 Å². The van der Waals surface area contributed by atoms with Gasteiger partial charge in [0, 0.05) is 7.11 Å². The van der Waals surface area contributed by atoms with Crippen molar-refractivity contribution < 1.29 is 4.74 Å². The monoisotopic (exact) mass is 186 g/mol. The van der Waals surface area contributed by atoms with Crippen LogP contribution >= 0.6 is 12.2 Å². The highest BCUT2D eigenvalue weighted by Crippen LogP contribution is 1.89. The van der Waals surface area contributed by atoms with Gasteiger partial charge in [0.2, 0.25) is 5.82 Å².